The Morgan fingerprint density at radius 1 is 1.30 bits per heavy atom. The summed E-state index contributed by atoms with van der Waals surface area (Å²) in [4.78, 5) is 4.42. The Bertz CT molecular complexity index is 767. The van der Waals surface area contributed by atoms with E-state index in [9.17, 15) is 8.42 Å². The minimum atomic E-state index is -3.46. The minimum absolute atomic E-state index is 0.139. The number of hydrogen-bond donors (Lipinski definition) is 2. The van der Waals surface area contributed by atoms with E-state index in [4.69, 9.17) is 5.73 Å². The van der Waals surface area contributed by atoms with Gasteiger partial charge in [0.05, 0.1) is 10.4 Å². The normalized spacial score (nSPS) is 17.2. The van der Waals surface area contributed by atoms with Crippen LogP contribution in [0.3, 0.4) is 0 Å². The zero-order chi connectivity index (χ0) is 14.4. The van der Waals surface area contributed by atoms with Crippen LogP contribution in [0, 0.1) is 5.41 Å². The van der Waals surface area contributed by atoms with E-state index in [1.807, 2.05) is 0 Å². The fraction of sp³-hybridized carbons (Fsp3) is 0.357. The van der Waals surface area contributed by atoms with Crippen LogP contribution < -0.4 is 10.5 Å². The van der Waals surface area contributed by atoms with Gasteiger partial charge in [-0.25, -0.2) is 18.1 Å². The molecule has 0 spiro atoms. The summed E-state index contributed by atoms with van der Waals surface area (Å²) in [5.41, 5.74) is 6.44. The van der Waals surface area contributed by atoms with E-state index in [1.54, 1.807) is 30.3 Å². The molecule has 1 aliphatic carbocycles. The number of rotatable bonds is 4. The summed E-state index contributed by atoms with van der Waals surface area (Å²) in [5, 5.41) is 0.764. The molecule has 2 aromatic rings. The van der Waals surface area contributed by atoms with Crippen molar-refractivity contribution in [2.75, 3.05) is 12.3 Å². The molecule has 1 aromatic heterocycles. The lowest BCUT2D eigenvalue weighted by molar-refractivity contribution is 0.530. The number of nitrogen functional groups attached to an aromatic ring is 1. The van der Waals surface area contributed by atoms with Crippen molar-refractivity contribution in [3.8, 4) is 0 Å². The molecule has 3 N–H and O–H groups in total. The van der Waals surface area contributed by atoms with Crippen molar-refractivity contribution in [3.05, 3.63) is 30.3 Å². The number of sulfonamides is 1. The van der Waals surface area contributed by atoms with Gasteiger partial charge in [-0.1, -0.05) is 6.92 Å². The lowest BCUT2D eigenvalue weighted by Crippen LogP contribution is -2.29. The molecule has 0 saturated heterocycles. The van der Waals surface area contributed by atoms with Crippen molar-refractivity contribution >= 4 is 26.7 Å². The second-order valence-corrected chi connectivity index (χ2v) is 7.49. The van der Waals surface area contributed by atoms with Crippen molar-refractivity contribution in [3.63, 3.8) is 0 Å². The molecule has 3 rings (SSSR count). The number of hydrogen-bond acceptors (Lipinski definition) is 4. The van der Waals surface area contributed by atoms with E-state index in [2.05, 4.69) is 16.6 Å². The molecule has 1 fully saturated rings. The number of pyridine rings is 1. The lowest BCUT2D eigenvalue weighted by atomic mass is 10.2. The quantitative estimate of drug-likeness (QED) is 0.901. The summed E-state index contributed by atoms with van der Waals surface area (Å²) in [6.45, 7) is 2.58. The highest BCUT2D eigenvalue weighted by Gasteiger charge is 2.38. The van der Waals surface area contributed by atoms with Gasteiger partial charge in [-0.15, -0.1) is 0 Å². The second kappa shape index (κ2) is 4.43. The molecule has 106 valence electrons. The Labute approximate surface area is 118 Å². The summed E-state index contributed by atoms with van der Waals surface area (Å²) < 4.78 is 27.2. The number of benzene rings is 1. The summed E-state index contributed by atoms with van der Waals surface area (Å²) in [6.07, 6.45) is 2.16. The van der Waals surface area contributed by atoms with Gasteiger partial charge < -0.3 is 5.73 Å². The first-order valence-corrected chi connectivity index (χ1v) is 8.02. The Hall–Kier alpha value is -1.66. The first-order valence-electron chi connectivity index (χ1n) is 6.54. The van der Waals surface area contributed by atoms with Crippen LogP contribution >= 0.6 is 0 Å². The van der Waals surface area contributed by atoms with Gasteiger partial charge >= 0.3 is 0 Å². The molecule has 1 saturated carbocycles. The maximum Gasteiger partial charge on any atom is 0.240 e. The average Bonchev–Trinajstić information content (AvgIpc) is 3.15. The summed E-state index contributed by atoms with van der Waals surface area (Å²) in [5.74, 6) is 0.424. The number of aromatic nitrogens is 1. The summed E-state index contributed by atoms with van der Waals surface area (Å²) in [7, 11) is -3.46. The number of nitrogens with zero attached hydrogens (tertiary/aromatic N) is 1. The lowest BCUT2D eigenvalue weighted by Gasteiger charge is -2.11. The first kappa shape index (κ1) is 13.3. The first-order chi connectivity index (χ1) is 9.38. The Morgan fingerprint density at radius 3 is 2.75 bits per heavy atom. The van der Waals surface area contributed by atoms with E-state index in [1.165, 1.54) is 0 Å². The zero-order valence-electron chi connectivity index (χ0n) is 11.3. The number of fused-ring (bicyclic) bond motifs is 1. The third kappa shape index (κ3) is 2.62. The third-order valence-electron chi connectivity index (χ3n) is 3.79. The Kier molecular flexibility index (Phi) is 2.95. The number of nitrogens with two attached hydrogens (primary N) is 1. The molecule has 5 nitrogen and oxygen atoms in total. The predicted octanol–water partition coefficient (Wildman–Crippen LogP) is 1.90. The Morgan fingerprint density at radius 2 is 2.05 bits per heavy atom. The second-order valence-electron chi connectivity index (χ2n) is 5.73. The molecule has 0 atom stereocenters. The van der Waals surface area contributed by atoms with Gasteiger partial charge in [0.2, 0.25) is 10.0 Å². The van der Waals surface area contributed by atoms with Crippen molar-refractivity contribution in [2.24, 2.45) is 5.41 Å². The highest BCUT2D eigenvalue weighted by atomic mass is 32.2. The van der Waals surface area contributed by atoms with E-state index >= 15 is 0 Å². The van der Waals surface area contributed by atoms with Crippen LogP contribution in [0.15, 0.2) is 35.2 Å². The summed E-state index contributed by atoms with van der Waals surface area (Å²) in [6, 6.07) is 8.31. The molecule has 0 aliphatic heterocycles. The topological polar surface area (TPSA) is 85.1 Å². The maximum atomic E-state index is 12.3. The molecule has 1 aliphatic rings. The van der Waals surface area contributed by atoms with Gasteiger partial charge in [0.15, 0.2) is 0 Å². The van der Waals surface area contributed by atoms with Crippen LogP contribution in [-0.2, 0) is 10.0 Å². The van der Waals surface area contributed by atoms with Crippen molar-refractivity contribution < 1.29 is 8.42 Å². The monoisotopic (exact) mass is 291 g/mol. The zero-order valence-corrected chi connectivity index (χ0v) is 12.1. The molecule has 1 aromatic carbocycles. The van der Waals surface area contributed by atoms with Gasteiger partial charge in [0.25, 0.3) is 0 Å². The molecule has 0 amide bonds. The van der Waals surface area contributed by atoms with Crippen molar-refractivity contribution in [2.45, 2.75) is 24.7 Å². The predicted molar refractivity (Wildman–Crippen MR) is 78.7 cm³/mol. The number of nitrogens with one attached hydrogen (secondary N) is 1. The van der Waals surface area contributed by atoms with Crippen LogP contribution in [0.4, 0.5) is 5.82 Å². The summed E-state index contributed by atoms with van der Waals surface area (Å²) >= 11 is 0. The molecule has 20 heavy (non-hydrogen) atoms. The molecule has 0 unspecified atom stereocenters. The van der Waals surface area contributed by atoms with Crippen molar-refractivity contribution in [1.82, 2.24) is 9.71 Å². The van der Waals surface area contributed by atoms with Gasteiger partial charge in [-0.05, 0) is 48.6 Å². The molecule has 1 heterocycles. The molecular formula is C14H17N3O2S. The number of anilines is 1. The maximum absolute atomic E-state index is 12.3. The van der Waals surface area contributed by atoms with Crippen LogP contribution in [0.1, 0.15) is 19.8 Å². The van der Waals surface area contributed by atoms with E-state index < -0.39 is 10.0 Å². The fourth-order valence-electron chi connectivity index (χ4n) is 2.03. The van der Waals surface area contributed by atoms with Gasteiger partial charge in [-0.2, -0.15) is 0 Å². The molecule has 6 heteroatoms. The van der Waals surface area contributed by atoms with E-state index in [0.29, 0.717) is 17.9 Å². The van der Waals surface area contributed by atoms with Gasteiger partial charge in [-0.3, -0.25) is 0 Å². The highest BCUT2D eigenvalue weighted by molar-refractivity contribution is 7.89. The van der Waals surface area contributed by atoms with E-state index in [0.717, 1.165) is 18.2 Å². The molecular weight excluding hydrogens is 274 g/mol. The third-order valence-corrected chi connectivity index (χ3v) is 5.18. The Balaban J connectivity index is 1.90. The largest absolute Gasteiger partial charge is 0.384 e. The standard InChI is InChI=1S/C14H17N3O2S/c1-14(6-7-14)9-16-20(18,19)11-3-4-12-10(8-11)2-5-13(15)17-12/h2-5,8,16H,6-7,9H2,1H3,(H2,15,17). The van der Waals surface area contributed by atoms with Crippen LogP contribution in [0.25, 0.3) is 10.9 Å². The smallest absolute Gasteiger partial charge is 0.240 e. The van der Waals surface area contributed by atoms with Gasteiger partial charge in [0, 0.05) is 11.9 Å². The molecule has 0 bridgehead atoms. The minimum Gasteiger partial charge on any atom is -0.384 e. The van der Waals surface area contributed by atoms with Crippen LogP contribution in [0.2, 0.25) is 0 Å². The van der Waals surface area contributed by atoms with Crippen LogP contribution in [0.5, 0.6) is 0 Å². The van der Waals surface area contributed by atoms with Gasteiger partial charge in [0.1, 0.15) is 5.82 Å². The van der Waals surface area contributed by atoms with E-state index in [-0.39, 0.29) is 10.3 Å². The molecule has 0 radical (unpaired) electrons. The average molecular weight is 291 g/mol. The SMILES string of the molecule is CC1(CNS(=O)(=O)c2ccc3nc(N)ccc3c2)CC1. The van der Waals surface area contributed by atoms with Crippen LogP contribution in [-0.4, -0.2) is 19.9 Å². The highest BCUT2D eigenvalue weighted by Crippen LogP contribution is 2.44. The van der Waals surface area contributed by atoms with Crippen molar-refractivity contribution in [1.29, 1.82) is 0 Å². The fourth-order valence-corrected chi connectivity index (χ4v) is 3.26.